The third kappa shape index (κ3) is 7.38. The molecule has 1 N–H and O–H groups in total. The number of ether oxygens (including phenoxy) is 1. The summed E-state index contributed by atoms with van der Waals surface area (Å²) in [7, 11) is -3.60. The molecule has 0 saturated carbocycles. The number of hydrogen-bond acceptors (Lipinski definition) is 4. The SMILES string of the molecule is Cc1cc(C)cc(OCCNC(=O)c2ccc(CN(c3cc(Cl)cc(Cl)c3)S(C)(=O)=O)cc2)c1. The first kappa shape index (κ1) is 25.9. The number of nitrogens with one attached hydrogen (secondary N) is 1. The Morgan fingerprint density at radius 3 is 2.09 bits per heavy atom. The second-order valence-corrected chi connectivity index (χ2v) is 10.8. The van der Waals surface area contributed by atoms with Crippen LogP contribution in [0.15, 0.2) is 60.7 Å². The van der Waals surface area contributed by atoms with Crippen molar-refractivity contribution in [3.63, 3.8) is 0 Å². The van der Waals surface area contributed by atoms with Gasteiger partial charge in [-0.1, -0.05) is 41.4 Å². The smallest absolute Gasteiger partial charge is 0.251 e. The first-order chi connectivity index (χ1) is 16.0. The first-order valence-electron chi connectivity index (χ1n) is 10.5. The number of sulfonamides is 1. The maximum Gasteiger partial charge on any atom is 0.251 e. The van der Waals surface area contributed by atoms with E-state index in [0.29, 0.717) is 40.0 Å². The predicted octanol–water partition coefficient (Wildman–Crippen LogP) is 5.39. The fourth-order valence-corrected chi connectivity index (χ4v) is 4.85. The lowest BCUT2D eigenvalue weighted by Gasteiger charge is -2.23. The fourth-order valence-electron chi connectivity index (χ4n) is 3.46. The van der Waals surface area contributed by atoms with E-state index in [9.17, 15) is 13.2 Å². The van der Waals surface area contributed by atoms with Gasteiger partial charge in [0.25, 0.3) is 5.91 Å². The van der Waals surface area contributed by atoms with Gasteiger partial charge in [-0.05, 0) is 73.0 Å². The van der Waals surface area contributed by atoms with Crippen molar-refractivity contribution in [2.24, 2.45) is 0 Å². The third-order valence-electron chi connectivity index (χ3n) is 4.93. The Morgan fingerprint density at radius 2 is 1.53 bits per heavy atom. The topological polar surface area (TPSA) is 75.7 Å². The number of benzene rings is 3. The van der Waals surface area contributed by atoms with E-state index in [1.54, 1.807) is 24.3 Å². The molecule has 3 rings (SSSR count). The average Bonchev–Trinajstić information content (AvgIpc) is 2.73. The Labute approximate surface area is 210 Å². The van der Waals surface area contributed by atoms with Crippen LogP contribution in [0.2, 0.25) is 10.0 Å². The Morgan fingerprint density at radius 1 is 0.941 bits per heavy atom. The zero-order valence-corrected chi connectivity index (χ0v) is 21.5. The lowest BCUT2D eigenvalue weighted by molar-refractivity contribution is 0.0947. The summed E-state index contributed by atoms with van der Waals surface area (Å²) in [6, 6.07) is 17.3. The van der Waals surface area contributed by atoms with Crippen molar-refractivity contribution >= 4 is 44.8 Å². The third-order valence-corrected chi connectivity index (χ3v) is 6.51. The van der Waals surface area contributed by atoms with Gasteiger partial charge in [0.15, 0.2) is 0 Å². The van der Waals surface area contributed by atoms with E-state index in [1.807, 2.05) is 26.0 Å². The van der Waals surface area contributed by atoms with Gasteiger partial charge >= 0.3 is 0 Å². The molecular formula is C25H26Cl2N2O4S. The number of amides is 1. The Kier molecular flexibility index (Phi) is 8.47. The molecule has 3 aromatic rings. The van der Waals surface area contributed by atoms with E-state index in [-0.39, 0.29) is 12.5 Å². The number of carbonyl (C=O) groups is 1. The molecule has 3 aromatic carbocycles. The number of nitrogens with zero attached hydrogens (tertiary/aromatic N) is 1. The van der Waals surface area contributed by atoms with Gasteiger partial charge in [-0.15, -0.1) is 0 Å². The Hall–Kier alpha value is -2.74. The van der Waals surface area contributed by atoms with Crippen LogP contribution in [0.1, 0.15) is 27.0 Å². The zero-order valence-electron chi connectivity index (χ0n) is 19.1. The van der Waals surface area contributed by atoms with Crippen LogP contribution in [-0.4, -0.2) is 33.7 Å². The van der Waals surface area contributed by atoms with Crippen molar-refractivity contribution in [2.45, 2.75) is 20.4 Å². The van der Waals surface area contributed by atoms with Crippen LogP contribution in [0.25, 0.3) is 0 Å². The quantitative estimate of drug-likeness (QED) is 0.384. The minimum Gasteiger partial charge on any atom is -0.492 e. The maximum atomic E-state index is 12.5. The Balaban J connectivity index is 1.60. The largest absolute Gasteiger partial charge is 0.492 e. The summed E-state index contributed by atoms with van der Waals surface area (Å²) in [4.78, 5) is 12.5. The van der Waals surface area contributed by atoms with Crippen LogP contribution < -0.4 is 14.4 Å². The fraction of sp³-hybridized carbons (Fsp3) is 0.240. The van der Waals surface area contributed by atoms with Crippen molar-refractivity contribution < 1.29 is 17.9 Å². The van der Waals surface area contributed by atoms with E-state index in [2.05, 4.69) is 11.4 Å². The van der Waals surface area contributed by atoms with E-state index in [0.717, 1.165) is 23.1 Å². The summed E-state index contributed by atoms with van der Waals surface area (Å²) >= 11 is 12.1. The molecule has 0 aliphatic rings. The second kappa shape index (κ2) is 11.1. The highest BCUT2D eigenvalue weighted by molar-refractivity contribution is 7.92. The lowest BCUT2D eigenvalue weighted by atomic mass is 10.1. The van der Waals surface area contributed by atoms with Crippen LogP contribution in [-0.2, 0) is 16.6 Å². The Bertz CT molecular complexity index is 1240. The van der Waals surface area contributed by atoms with E-state index >= 15 is 0 Å². The minimum absolute atomic E-state index is 0.0706. The summed E-state index contributed by atoms with van der Waals surface area (Å²) in [5.41, 5.74) is 3.77. The van der Waals surface area contributed by atoms with E-state index < -0.39 is 10.0 Å². The van der Waals surface area contributed by atoms with E-state index in [4.69, 9.17) is 27.9 Å². The monoisotopic (exact) mass is 520 g/mol. The van der Waals surface area contributed by atoms with Crippen molar-refractivity contribution in [3.8, 4) is 5.75 Å². The molecule has 9 heteroatoms. The van der Waals surface area contributed by atoms with Gasteiger partial charge in [0.05, 0.1) is 25.0 Å². The van der Waals surface area contributed by atoms with Gasteiger partial charge < -0.3 is 10.1 Å². The van der Waals surface area contributed by atoms with Crippen molar-refractivity contribution in [3.05, 3.63) is 93.0 Å². The molecule has 180 valence electrons. The number of aryl methyl sites for hydroxylation is 2. The zero-order chi connectivity index (χ0) is 24.9. The van der Waals surface area contributed by atoms with Crippen LogP contribution in [0, 0.1) is 13.8 Å². The number of rotatable bonds is 9. The van der Waals surface area contributed by atoms with Crippen molar-refractivity contribution in [2.75, 3.05) is 23.7 Å². The summed E-state index contributed by atoms with van der Waals surface area (Å²) in [5, 5.41) is 3.50. The highest BCUT2D eigenvalue weighted by Crippen LogP contribution is 2.28. The molecule has 0 aromatic heterocycles. The molecule has 34 heavy (non-hydrogen) atoms. The molecule has 0 fully saturated rings. The van der Waals surface area contributed by atoms with Gasteiger partial charge in [0.2, 0.25) is 10.0 Å². The summed E-state index contributed by atoms with van der Waals surface area (Å²) < 4.78 is 31.7. The van der Waals surface area contributed by atoms with Gasteiger partial charge in [-0.3, -0.25) is 9.10 Å². The van der Waals surface area contributed by atoms with Crippen molar-refractivity contribution in [1.82, 2.24) is 5.32 Å². The molecule has 0 heterocycles. The average molecular weight is 521 g/mol. The normalized spacial score (nSPS) is 11.2. The molecule has 0 aliphatic carbocycles. The summed E-state index contributed by atoms with van der Waals surface area (Å²) in [6.07, 6.45) is 1.11. The van der Waals surface area contributed by atoms with Crippen molar-refractivity contribution in [1.29, 1.82) is 0 Å². The molecule has 0 bridgehead atoms. The van der Waals surface area contributed by atoms with Crippen LogP contribution in [0.5, 0.6) is 5.75 Å². The number of anilines is 1. The summed E-state index contributed by atoms with van der Waals surface area (Å²) in [6.45, 7) is 4.78. The molecule has 6 nitrogen and oxygen atoms in total. The van der Waals surface area contributed by atoms with Gasteiger partial charge in [-0.2, -0.15) is 0 Å². The van der Waals surface area contributed by atoms with Crippen LogP contribution in [0.4, 0.5) is 5.69 Å². The number of carbonyl (C=O) groups excluding carboxylic acids is 1. The summed E-state index contributed by atoms with van der Waals surface area (Å²) in [5.74, 6) is 0.532. The highest BCUT2D eigenvalue weighted by atomic mass is 35.5. The van der Waals surface area contributed by atoms with Crippen LogP contribution >= 0.6 is 23.2 Å². The minimum atomic E-state index is -3.60. The molecule has 0 saturated heterocycles. The van der Waals surface area contributed by atoms with Gasteiger partial charge in [0.1, 0.15) is 12.4 Å². The molecule has 0 unspecified atom stereocenters. The van der Waals surface area contributed by atoms with Crippen LogP contribution in [0.3, 0.4) is 0 Å². The molecule has 1 amide bonds. The van der Waals surface area contributed by atoms with Gasteiger partial charge in [0, 0.05) is 15.6 Å². The number of hydrogen-bond donors (Lipinski definition) is 1. The molecule has 0 aliphatic heterocycles. The van der Waals surface area contributed by atoms with E-state index in [1.165, 1.54) is 22.5 Å². The lowest BCUT2D eigenvalue weighted by Crippen LogP contribution is -2.29. The first-order valence-corrected chi connectivity index (χ1v) is 13.1. The molecule has 0 radical (unpaired) electrons. The molecular weight excluding hydrogens is 495 g/mol. The second-order valence-electron chi connectivity index (χ2n) is 8.02. The predicted molar refractivity (Wildman–Crippen MR) is 138 cm³/mol. The molecule has 0 spiro atoms. The maximum absolute atomic E-state index is 12.5. The number of halogens is 2. The highest BCUT2D eigenvalue weighted by Gasteiger charge is 2.19. The van der Waals surface area contributed by atoms with Gasteiger partial charge in [-0.25, -0.2) is 8.42 Å². The molecule has 0 atom stereocenters. The standard InChI is InChI=1S/C25H26Cl2N2O4S/c1-17-10-18(2)12-24(11-17)33-9-8-28-25(30)20-6-4-19(5-7-20)16-29(34(3,31)32)23-14-21(26)13-22(27)15-23/h4-7,10-15H,8-9,16H2,1-3H3,(H,28,30).